The van der Waals surface area contributed by atoms with Crippen LogP contribution in [0.3, 0.4) is 0 Å². The number of nitrogens with one attached hydrogen (secondary N) is 1. The molecule has 0 aliphatic heterocycles. The molecule has 0 saturated heterocycles. The highest BCUT2D eigenvalue weighted by atomic mass is 19.4. The van der Waals surface area contributed by atoms with Crippen molar-refractivity contribution in [2.45, 2.75) is 6.18 Å². The van der Waals surface area contributed by atoms with Crippen molar-refractivity contribution in [1.82, 2.24) is 19.6 Å². The van der Waals surface area contributed by atoms with E-state index in [2.05, 4.69) is 20.4 Å². The number of para-hydroxylation sites is 1. The van der Waals surface area contributed by atoms with Crippen LogP contribution in [0.25, 0.3) is 5.78 Å². The lowest BCUT2D eigenvalue weighted by molar-refractivity contribution is -0.141. The third kappa shape index (κ3) is 2.49. The first-order valence-electron chi connectivity index (χ1n) is 5.75. The SMILES string of the molecule is Fc1ccccc1Nc1cc(C(F)(F)F)nc2ncnn12. The molecular formula is C12H7F4N5. The second-order valence-electron chi connectivity index (χ2n) is 4.10. The lowest BCUT2D eigenvalue weighted by atomic mass is 10.3. The van der Waals surface area contributed by atoms with Gasteiger partial charge in [0.15, 0.2) is 5.69 Å². The van der Waals surface area contributed by atoms with E-state index in [1.54, 1.807) is 6.07 Å². The third-order valence-electron chi connectivity index (χ3n) is 2.68. The molecule has 0 atom stereocenters. The van der Waals surface area contributed by atoms with Crippen LogP contribution in [0.15, 0.2) is 36.7 Å². The summed E-state index contributed by atoms with van der Waals surface area (Å²) in [6, 6.07) is 6.35. The minimum atomic E-state index is -4.64. The van der Waals surface area contributed by atoms with Crippen molar-refractivity contribution in [2.24, 2.45) is 0 Å². The van der Waals surface area contributed by atoms with E-state index in [1.807, 2.05) is 0 Å². The van der Waals surface area contributed by atoms with Crippen LogP contribution in [0.4, 0.5) is 29.1 Å². The molecule has 0 radical (unpaired) electrons. The minimum absolute atomic E-state index is 0.0219. The van der Waals surface area contributed by atoms with Crippen molar-refractivity contribution in [1.29, 1.82) is 0 Å². The van der Waals surface area contributed by atoms with Gasteiger partial charge in [-0.05, 0) is 12.1 Å². The number of alkyl halides is 3. The van der Waals surface area contributed by atoms with Crippen LogP contribution in [-0.4, -0.2) is 19.6 Å². The van der Waals surface area contributed by atoms with Crippen molar-refractivity contribution < 1.29 is 17.6 Å². The number of halogens is 4. The molecule has 2 aromatic heterocycles. The van der Waals surface area contributed by atoms with Crippen LogP contribution in [0.1, 0.15) is 5.69 Å². The van der Waals surface area contributed by atoms with Gasteiger partial charge >= 0.3 is 6.18 Å². The van der Waals surface area contributed by atoms with Crippen molar-refractivity contribution in [3.8, 4) is 0 Å². The van der Waals surface area contributed by atoms with Gasteiger partial charge in [-0.1, -0.05) is 12.1 Å². The highest BCUT2D eigenvalue weighted by Gasteiger charge is 2.34. The molecule has 1 aromatic carbocycles. The molecule has 0 saturated carbocycles. The number of anilines is 2. The zero-order valence-electron chi connectivity index (χ0n) is 10.3. The van der Waals surface area contributed by atoms with Gasteiger partial charge in [0, 0.05) is 6.07 Å². The maximum absolute atomic E-state index is 13.6. The molecule has 0 fully saturated rings. The molecule has 9 heteroatoms. The third-order valence-corrected chi connectivity index (χ3v) is 2.68. The highest BCUT2D eigenvalue weighted by Crippen LogP contribution is 2.30. The minimum Gasteiger partial charge on any atom is -0.338 e. The fourth-order valence-electron chi connectivity index (χ4n) is 1.75. The van der Waals surface area contributed by atoms with Gasteiger partial charge in [0.2, 0.25) is 0 Å². The summed E-state index contributed by atoms with van der Waals surface area (Å²) in [4.78, 5) is 6.99. The molecule has 108 valence electrons. The van der Waals surface area contributed by atoms with Crippen LogP contribution < -0.4 is 5.32 Å². The van der Waals surface area contributed by atoms with E-state index in [0.29, 0.717) is 0 Å². The van der Waals surface area contributed by atoms with E-state index in [4.69, 9.17) is 0 Å². The van der Waals surface area contributed by atoms with Gasteiger partial charge in [0.25, 0.3) is 5.78 Å². The maximum Gasteiger partial charge on any atom is 0.433 e. The average Bonchev–Trinajstić information content (AvgIpc) is 2.89. The summed E-state index contributed by atoms with van der Waals surface area (Å²) in [6.07, 6.45) is -3.58. The lowest BCUT2D eigenvalue weighted by Crippen LogP contribution is -2.12. The fourth-order valence-corrected chi connectivity index (χ4v) is 1.75. The van der Waals surface area contributed by atoms with Gasteiger partial charge in [0.05, 0.1) is 5.69 Å². The molecule has 21 heavy (non-hydrogen) atoms. The predicted octanol–water partition coefficient (Wildman–Crippen LogP) is 3.03. The first-order chi connectivity index (χ1) is 9.95. The monoisotopic (exact) mass is 297 g/mol. The van der Waals surface area contributed by atoms with E-state index in [-0.39, 0.29) is 17.3 Å². The van der Waals surface area contributed by atoms with Crippen LogP contribution in [-0.2, 0) is 6.18 Å². The maximum atomic E-state index is 13.6. The first kappa shape index (κ1) is 13.3. The standard InChI is InChI=1S/C12H7F4N5/c13-7-3-1-2-4-8(7)19-10-5-9(12(14,15)16)20-11-17-6-18-21(10)11/h1-6,19H. The van der Waals surface area contributed by atoms with Gasteiger partial charge in [-0.3, -0.25) is 0 Å². The smallest absolute Gasteiger partial charge is 0.338 e. The Morgan fingerprint density at radius 2 is 1.90 bits per heavy atom. The Morgan fingerprint density at radius 3 is 2.62 bits per heavy atom. The zero-order chi connectivity index (χ0) is 15.0. The molecule has 1 N–H and O–H groups in total. The van der Waals surface area contributed by atoms with Gasteiger partial charge in [-0.2, -0.15) is 27.8 Å². The summed E-state index contributed by atoms with van der Waals surface area (Å²) >= 11 is 0. The molecule has 0 unspecified atom stereocenters. The number of hydrogen-bond acceptors (Lipinski definition) is 4. The van der Waals surface area contributed by atoms with E-state index in [9.17, 15) is 17.6 Å². The molecule has 5 nitrogen and oxygen atoms in total. The predicted molar refractivity (Wildman–Crippen MR) is 65.5 cm³/mol. The van der Waals surface area contributed by atoms with Crippen molar-refractivity contribution in [3.63, 3.8) is 0 Å². The molecule has 3 rings (SSSR count). The first-order valence-corrected chi connectivity index (χ1v) is 5.75. The number of fused-ring (bicyclic) bond motifs is 1. The second kappa shape index (κ2) is 4.69. The van der Waals surface area contributed by atoms with Crippen LogP contribution >= 0.6 is 0 Å². The van der Waals surface area contributed by atoms with Gasteiger partial charge in [0.1, 0.15) is 18.0 Å². The molecule has 0 aliphatic carbocycles. The molecule has 0 bridgehead atoms. The van der Waals surface area contributed by atoms with Crippen LogP contribution in [0.5, 0.6) is 0 Å². The van der Waals surface area contributed by atoms with E-state index < -0.39 is 17.7 Å². The molecule has 0 aliphatic rings. The molecule has 3 aromatic rings. The van der Waals surface area contributed by atoms with Crippen molar-refractivity contribution in [2.75, 3.05) is 5.32 Å². The highest BCUT2D eigenvalue weighted by molar-refractivity contribution is 5.59. The Morgan fingerprint density at radius 1 is 1.14 bits per heavy atom. The summed E-state index contributed by atoms with van der Waals surface area (Å²) in [7, 11) is 0. The summed E-state index contributed by atoms with van der Waals surface area (Å²) < 4.78 is 53.0. The molecule has 0 spiro atoms. The van der Waals surface area contributed by atoms with E-state index in [0.717, 1.165) is 16.9 Å². The molecular weight excluding hydrogens is 290 g/mol. The lowest BCUT2D eigenvalue weighted by Gasteiger charge is -2.11. The number of nitrogens with zero attached hydrogens (tertiary/aromatic N) is 4. The number of rotatable bonds is 2. The fraction of sp³-hybridized carbons (Fsp3) is 0.0833. The Bertz CT molecular complexity index is 796. The van der Waals surface area contributed by atoms with Gasteiger partial charge in [-0.25, -0.2) is 9.37 Å². The van der Waals surface area contributed by atoms with Crippen molar-refractivity contribution >= 4 is 17.3 Å². The van der Waals surface area contributed by atoms with E-state index >= 15 is 0 Å². The van der Waals surface area contributed by atoms with Gasteiger partial charge < -0.3 is 5.32 Å². The summed E-state index contributed by atoms with van der Waals surface area (Å²) in [6.45, 7) is 0. The largest absolute Gasteiger partial charge is 0.433 e. The van der Waals surface area contributed by atoms with Crippen molar-refractivity contribution in [3.05, 3.63) is 48.2 Å². The quantitative estimate of drug-likeness (QED) is 0.739. The summed E-state index contributed by atoms with van der Waals surface area (Å²) in [5.41, 5.74) is -1.12. The van der Waals surface area contributed by atoms with E-state index in [1.165, 1.54) is 18.2 Å². The topological polar surface area (TPSA) is 55.1 Å². The molecule has 0 amide bonds. The summed E-state index contributed by atoms with van der Waals surface area (Å²) in [5, 5.41) is 6.32. The average molecular weight is 297 g/mol. The Hall–Kier alpha value is -2.71. The van der Waals surface area contributed by atoms with Crippen LogP contribution in [0.2, 0.25) is 0 Å². The summed E-state index contributed by atoms with van der Waals surface area (Å²) in [5.74, 6) is -0.922. The number of aromatic nitrogens is 4. The van der Waals surface area contributed by atoms with Gasteiger partial charge in [-0.15, -0.1) is 0 Å². The Kier molecular flexibility index (Phi) is 2.96. The zero-order valence-corrected chi connectivity index (χ0v) is 10.3. The Balaban J connectivity index is 2.13. The number of hydrogen-bond donors (Lipinski definition) is 1. The number of benzene rings is 1. The normalized spacial score (nSPS) is 11.8. The second-order valence-corrected chi connectivity index (χ2v) is 4.10. The Labute approximate surface area is 115 Å². The van der Waals surface area contributed by atoms with Crippen LogP contribution in [0, 0.1) is 5.82 Å². The molecule has 2 heterocycles.